The zero-order valence-corrected chi connectivity index (χ0v) is 20.7. The van der Waals surface area contributed by atoms with E-state index in [2.05, 4.69) is 20.3 Å². The van der Waals surface area contributed by atoms with Crippen LogP contribution in [-0.2, 0) is 9.53 Å². The van der Waals surface area contributed by atoms with Gasteiger partial charge in [-0.05, 0) is 26.0 Å². The van der Waals surface area contributed by atoms with Gasteiger partial charge in [0.1, 0.15) is 30.0 Å². The van der Waals surface area contributed by atoms with Gasteiger partial charge in [0, 0.05) is 44.6 Å². The van der Waals surface area contributed by atoms with Crippen LogP contribution in [0.4, 0.5) is 29.6 Å². The Morgan fingerprint density at radius 3 is 2.78 bits per heavy atom. The number of nitrogens with zero attached hydrogens (tertiary/aromatic N) is 5. The number of aromatic nitrogens is 3. The van der Waals surface area contributed by atoms with E-state index in [4.69, 9.17) is 16.3 Å². The summed E-state index contributed by atoms with van der Waals surface area (Å²) in [4.78, 5) is 40.7. The maximum absolute atomic E-state index is 12.7. The van der Waals surface area contributed by atoms with Gasteiger partial charge in [-0.3, -0.25) is 4.79 Å². The van der Waals surface area contributed by atoms with Crippen LogP contribution in [0.25, 0.3) is 0 Å². The van der Waals surface area contributed by atoms with E-state index < -0.39 is 30.8 Å². The third kappa shape index (κ3) is 6.86. The van der Waals surface area contributed by atoms with Crippen LogP contribution in [0.1, 0.15) is 31.2 Å². The molecular formula is C22H27ClF3N7O3. The number of hydrogen-bond acceptors (Lipinski definition) is 8. The van der Waals surface area contributed by atoms with Crippen molar-refractivity contribution in [2.75, 3.05) is 50.1 Å². The Balaban J connectivity index is 1.87. The van der Waals surface area contributed by atoms with Crippen molar-refractivity contribution in [2.24, 2.45) is 0 Å². The number of hydrogen-bond donors (Lipinski definition) is 2. The Kier molecular flexibility index (Phi) is 8.77. The van der Waals surface area contributed by atoms with Crippen LogP contribution in [-0.4, -0.2) is 83.9 Å². The molecule has 0 bridgehead atoms. The summed E-state index contributed by atoms with van der Waals surface area (Å²) in [5.74, 6) is 0.288. The van der Waals surface area contributed by atoms with E-state index >= 15 is 0 Å². The lowest BCUT2D eigenvalue weighted by Gasteiger charge is -2.31. The highest BCUT2D eigenvalue weighted by Gasteiger charge is 2.32. The van der Waals surface area contributed by atoms with Gasteiger partial charge in [0.25, 0.3) is 0 Å². The summed E-state index contributed by atoms with van der Waals surface area (Å²) in [6.45, 7) is 2.56. The molecule has 1 aliphatic heterocycles. The smallest absolute Gasteiger partial charge is 0.409 e. The second-order valence-electron chi connectivity index (χ2n) is 8.12. The SMILES string of the molecule is CCOC(=O)N(C)CCN(c1ccnc(C2CNc3ncc(Cl)cc32)n1)[C@@H](C)C(=O)NCC(F)(F)F. The molecule has 196 valence electrons. The molecule has 2 amide bonds. The van der Waals surface area contributed by atoms with E-state index in [9.17, 15) is 22.8 Å². The van der Waals surface area contributed by atoms with Crippen molar-refractivity contribution in [1.29, 1.82) is 0 Å². The van der Waals surface area contributed by atoms with Crippen molar-refractivity contribution in [3.63, 3.8) is 0 Å². The second-order valence-corrected chi connectivity index (χ2v) is 8.56. The average molecular weight is 530 g/mol. The van der Waals surface area contributed by atoms with Crippen LogP contribution >= 0.6 is 11.6 Å². The molecule has 0 aromatic carbocycles. The van der Waals surface area contributed by atoms with Crippen molar-refractivity contribution in [3.05, 3.63) is 40.9 Å². The van der Waals surface area contributed by atoms with Gasteiger partial charge >= 0.3 is 12.3 Å². The monoisotopic (exact) mass is 529 g/mol. The molecule has 0 fully saturated rings. The fraction of sp³-hybridized carbons (Fsp3) is 0.500. The molecule has 3 rings (SSSR count). The van der Waals surface area contributed by atoms with Crippen LogP contribution in [0.5, 0.6) is 0 Å². The first kappa shape index (κ1) is 27.2. The minimum Gasteiger partial charge on any atom is -0.450 e. The third-order valence-electron chi connectivity index (χ3n) is 5.56. The highest BCUT2D eigenvalue weighted by Crippen LogP contribution is 2.35. The molecule has 1 aliphatic rings. The number of amides is 2. The number of fused-ring (bicyclic) bond motifs is 1. The molecule has 36 heavy (non-hydrogen) atoms. The standard InChI is InChI=1S/C22H27ClF3N7O3/c1-4-36-21(35)32(3)7-8-33(13(2)20(34)30-12-22(24,25)26)17-5-6-27-19(31-17)16-11-29-18-15(16)9-14(23)10-28-18/h5-6,9-10,13,16H,4,7-8,11-12H2,1-3H3,(H,28,29)(H,30,34)/t13-,16?/m0/s1. The quantitative estimate of drug-likeness (QED) is 0.510. The van der Waals surface area contributed by atoms with E-state index in [0.29, 0.717) is 29.0 Å². The summed E-state index contributed by atoms with van der Waals surface area (Å²) in [6.07, 6.45) is -2.08. The Bertz CT molecular complexity index is 1090. The molecule has 1 unspecified atom stereocenters. The van der Waals surface area contributed by atoms with E-state index in [1.54, 1.807) is 19.1 Å². The summed E-state index contributed by atoms with van der Waals surface area (Å²) in [6, 6.07) is 2.29. The van der Waals surface area contributed by atoms with Crippen LogP contribution in [0.2, 0.25) is 5.02 Å². The minimum absolute atomic E-state index is 0.0965. The van der Waals surface area contributed by atoms with Crippen LogP contribution in [0, 0.1) is 0 Å². The molecule has 2 N–H and O–H groups in total. The Morgan fingerprint density at radius 1 is 1.33 bits per heavy atom. The predicted octanol–water partition coefficient (Wildman–Crippen LogP) is 3.04. The number of pyridine rings is 1. The number of nitrogens with one attached hydrogen (secondary N) is 2. The van der Waals surface area contributed by atoms with Gasteiger partial charge in [-0.15, -0.1) is 0 Å². The summed E-state index contributed by atoms with van der Waals surface area (Å²) in [5.41, 5.74) is 0.809. The second kappa shape index (κ2) is 11.6. The summed E-state index contributed by atoms with van der Waals surface area (Å²) in [5, 5.41) is 5.53. The number of carbonyl (C=O) groups is 2. The van der Waals surface area contributed by atoms with Crippen molar-refractivity contribution < 1.29 is 27.5 Å². The first-order valence-electron chi connectivity index (χ1n) is 11.2. The fourth-order valence-corrected chi connectivity index (χ4v) is 3.83. The Labute approximate surface area is 211 Å². The van der Waals surface area contributed by atoms with E-state index in [1.807, 2.05) is 5.32 Å². The van der Waals surface area contributed by atoms with Crippen LogP contribution in [0.15, 0.2) is 24.5 Å². The molecule has 0 spiro atoms. The third-order valence-corrected chi connectivity index (χ3v) is 5.77. The molecule has 0 radical (unpaired) electrons. The lowest BCUT2D eigenvalue weighted by molar-refractivity contribution is -0.139. The number of rotatable bonds is 9. The highest BCUT2D eigenvalue weighted by molar-refractivity contribution is 6.30. The highest BCUT2D eigenvalue weighted by atomic mass is 35.5. The van der Waals surface area contributed by atoms with E-state index in [-0.39, 0.29) is 25.6 Å². The van der Waals surface area contributed by atoms with Crippen LogP contribution in [0.3, 0.4) is 0 Å². The zero-order chi connectivity index (χ0) is 26.5. The average Bonchev–Trinajstić information content (AvgIpc) is 3.25. The number of alkyl halides is 3. The molecule has 2 aromatic heterocycles. The zero-order valence-electron chi connectivity index (χ0n) is 20.0. The minimum atomic E-state index is -4.55. The van der Waals surface area contributed by atoms with Crippen molar-refractivity contribution in [2.45, 2.75) is 32.0 Å². The van der Waals surface area contributed by atoms with Gasteiger partial charge in [-0.2, -0.15) is 13.2 Å². The van der Waals surface area contributed by atoms with Crippen LogP contribution < -0.4 is 15.5 Å². The largest absolute Gasteiger partial charge is 0.450 e. The van der Waals surface area contributed by atoms with Gasteiger partial charge in [-0.25, -0.2) is 19.7 Å². The molecule has 2 aromatic rings. The lowest BCUT2D eigenvalue weighted by Crippen LogP contribution is -2.50. The Morgan fingerprint density at radius 2 is 2.08 bits per heavy atom. The molecule has 14 heteroatoms. The van der Waals surface area contributed by atoms with E-state index in [0.717, 1.165) is 5.56 Å². The molecule has 0 saturated carbocycles. The topological polar surface area (TPSA) is 113 Å². The normalized spacial score (nSPS) is 15.5. The lowest BCUT2D eigenvalue weighted by atomic mass is 10.0. The van der Waals surface area contributed by atoms with Gasteiger partial charge in [0.15, 0.2) is 0 Å². The molecule has 0 aliphatic carbocycles. The summed E-state index contributed by atoms with van der Waals surface area (Å²) in [7, 11) is 1.52. The van der Waals surface area contributed by atoms with Gasteiger partial charge in [0.05, 0.1) is 17.5 Å². The van der Waals surface area contributed by atoms with Gasteiger partial charge in [0.2, 0.25) is 5.91 Å². The Hall–Kier alpha value is -3.35. The van der Waals surface area contributed by atoms with E-state index in [1.165, 1.54) is 36.2 Å². The van der Waals surface area contributed by atoms with Crippen molar-refractivity contribution in [1.82, 2.24) is 25.2 Å². The maximum atomic E-state index is 12.7. The van der Waals surface area contributed by atoms with Gasteiger partial charge < -0.3 is 25.2 Å². The number of anilines is 2. The number of halogens is 4. The van der Waals surface area contributed by atoms with Crippen molar-refractivity contribution in [3.8, 4) is 0 Å². The number of likely N-dealkylation sites (N-methyl/N-ethyl adjacent to an activating group) is 1. The van der Waals surface area contributed by atoms with Gasteiger partial charge in [-0.1, -0.05) is 11.6 Å². The van der Waals surface area contributed by atoms with Crippen molar-refractivity contribution >= 4 is 35.2 Å². The molecular weight excluding hydrogens is 503 g/mol. The maximum Gasteiger partial charge on any atom is 0.409 e. The molecule has 2 atom stereocenters. The number of ether oxygens (including phenoxy) is 1. The molecule has 10 nitrogen and oxygen atoms in total. The first-order valence-corrected chi connectivity index (χ1v) is 11.6. The first-order chi connectivity index (χ1) is 17.0. The number of carbonyl (C=O) groups excluding carboxylic acids is 2. The summed E-state index contributed by atoms with van der Waals surface area (Å²) < 4.78 is 43.0. The predicted molar refractivity (Wildman–Crippen MR) is 127 cm³/mol. The summed E-state index contributed by atoms with van der Waals surface area (Å²) >= 11 is 6.11. The molecule has 0 saturated heterocycles. The molecule has 3 heterocycles. The fourth-order valence-electron chi connectivity index (χ4n) is 3.66.